The number of carbonyl (C=O) groups is 1. The number of anilines is 1. The number of hydrogen-bond acceptors (Lipinski definition) is 4. The highest BCUT2D eigenvalue weighted by Crippen LogP contribution is 2.33. The molecule has 1 aromatic carbocycles. The van der Waals surface area contributed by atoms with Crippen LogP contribution in [-0.4, -0.2) is 49.2 Å². The number of hydrogen-bond donors (Lipinski definition) is 1. The second-order valence-electron chi connectivity index (χ2n) is 5.73. The maximum atomic E-state index is 11.7. The minimum atomic E-state index is -0.562. The molecule has 1 aromatic rings. The van der Waals surface area contributed by atoms with Crippen LogP contribution in [0.15, 0.2) is 18.2 Å². The molecule has 22 heavy (non-hydrogen) atoms. The quantitative estimate of drug-likeness (QED) is 0.839. The molecule has 0 fully saturated rings. The summed E-state index contributed by atoms with van der Waals surface area (Å²) in [5, 5.41) is 10.5. The molecule has 122 valence electrons. The van der Waals surface area contributed by atoms with Crippen LogP contribution < -0.4 is 9.64 Å². The van der Waals surface area contributed by atoms with Gasteiger partial charge in [0.25, 0.3) is 5.91 Å². The zero-order valence-electron chi connectivity index (χ0n) is 13.7. The summed E-state index contributed by atoms with van der Waals surface area (Å²) in [5.41, 5.74) is 1.54. The molecule has 0 saturated carbocycles. The average Bonchev–Trinajstić information content (AvgIpc) is 2.54. The summed E-state index contributed by atoms with van der Waals surface area (Å²) in [7, 11) is 1.74. The van der Waals surface area contributed by atoms with E-state index >= 15 is 0 Å². The molecule has 1 amide bonds. The molecule has 0 aromatic heterocycles. The summed E-state index contributed by atoms with van der Waals surface area (Å²) in [6.07, 6.45) is 1.72. The van der Waals surface area contributed by atoms with Crippen LogP contribution in [0, 0.1) is 0 Å². The molecule has 0 spiro atoms. The van der Waals surface area contributed by atoms with Gasteiger partial charge in [-0.1, -0.05) is 26.3 Å². The molecule has 0 aliphatic carbocycles. The summed E-state index contributed by atoms with van der Waals surface area (Å²) < 4.78 is 5.41. The smallest absolute Gasteiger partial charge is 0.264 e. The van der Waals surface area contributed by atoms with Crippen LogP contribution in [0.5, 0.6) is 5.75 Å². The molecular formula is C17H26N2O3. The monoisotopic (exact) mass is 306 g/mol. The predicted molar refractivity (Wildman–Crippen MR) is 87.3 cm³/mol. The van der Waals surface area contributed by atoms with E-state index in [0.29, 0.717) is 12.3 Å². The van der Waals surface area contributed by atoms with Crippen molar-refractivity contribution in [3.63, 3.8) is 0 Å². The van der Waals surface area contributed by atoms with Gasteiger partial charge in [-0.2, -0.15) is 0 Å². The van der Waals surface area contributed by atoms with E-state index < -0.39 is 6.10 Å². The Morgan fingerprint density at radius 1 is 1.41 bits per heavy atom. The van der Waals surface area contributed by atoms with E-state index in [1.165, 1.54) is 0 Å². The molecule has 5 heteroatoms. The van der Waals surface area contributed by atoms with E-state index in [1.807, 2.05) is 18.2 Å². The third-order valence-electron chi connectivity index (χ3n) is 4.16. The van der Waals surface area contributed by atoms with Crippen molar-refractivity contribution in [2.75, 3.05) is 38.2 Å². The first kappa shape index (κ1) is 16.8. The van der Waals surface area contributed by atoms with Crippen LogP contribution >= 0.6 is 0 Å². The highest BCUT2D eigenvalue weighted by molar-refractivity contribution is 5.97. The van der Waals surface area contributed by atoms with Gasteiger partial charge in [0.15, 0.2) is 6.61 Å². The molecule has 1 heterocycles. The largest absolute Gasteiger partial charge is 0.482 e. The van der Waals surface area contributed by atoms with Crippen LogP contribution in [0.2, 0.25) is 0 Å². The van der Waals surface area contributed by atoms with Crippen molar-refractivity contribution >= 4 is 11.6 Å². The standard InChI is InChI=1S/C17H26N2O3/c1-4-6-9-19(5-2)11-15(20)13-7-8-16-14(10-13)18(3)17(21)12-22-16/h7-8,10,15,20H,4-6,9,11-12H2,1-3H3. The van der Waals surface area contributed by atoms with Crippen molar-refractivity contribution < 1.29 is 14.6 Å². The molecule has 5 nitrogen and oxygen atoms in total. The van der Waals surface area contributed by atoms with Gasteiger partial charge in [-0.3, -0.25) is 4.79 Å². The fraction of sp³-hybridized carbons (Fsp3) is 0.588. The average molecular weight is 306 g/mol. The first-order valence-electron chi connectivity index (χ1n) is 8.00. The summed E-state index contributed by atoms with van der Waals surface area (Å²) >= 11 is 0. The van der Waals surface area contributed by atoms with E-state index in [1.54, 1.807) is 11.9 Å². The third kappa shape index (κ3) is 3.78. The molecule has 2 rings (SSSR count). The van der Waals surface area contributed by atoms with Gasteiger partial charge in [0.1, 0.15) is 5.75 Å². The fourth-order valence-corrected chi connectivity index (χ4v) is 2.61. The lowest BCUT2D eigenvalue weighted by Gasteiger charge is -2.28. The van der Waals surface area contributed by atoms with Gasteiger partial charge in [0.05, 0.1) is 11.8 Å². The lowest BCUT2D eigenvalue weighted by molar-refractivity contribution is -0.120. The molecule has 1 N–H and O–H groups in total. The Morgan fingerprint density at radius 3 is 2.86 bits per heavy atom. The van der Waals surface area contributed by atoms with E-state index in [-0.39, 0.29) is 12.5 Å². The molecule has 0 bridgehead atoms. The van der Waals surface area contributed by atoms with Gasteiger partial charge in [0.2, 0.25) is 0 Å². The molecule has 1 aliphatic heterocycles. The van der Waals surface area contributed by atoms with E-state index in [0.717, 1.165) is 37.2 Å². The Labute approximate surface area is 132 Å². The Kier molecular flexibility index (Phi) is 5.80. The Balaban J connectivity index is 2.10. The van der Waals surface area contributed by atoms with Gasteiger partial charge in [-0.25, -0.2) is 0 Å². The number of benzene rings is 1. The lowest BCUT2D eigenvalue weighted by Crippen LogP contribution is -2.35. The molecule has 0 radical (unpaired) electrons. The van der Waals surface area contributed by atoms with Crippen molar-refractivity contribution in [1.29, 1.82) is 0 Å². The first-order chi connectivity index (χ1) is 10.6. The maximum absolute atomic E-state index is 11.7. The number of amides is 1. The minimum Gasteiger partial charge on any atom is -0.482 e. The first-order valence-corrected chi connectivity index (χ1v) is 8.00. The summed E-state index contributed by atoms with van der Waals surface area (Å²) in [5.74, 6) is 0.619. The summed E-state index contributed by atoms with van der Waals surface area (Å²) in [6.45, 7) is 6.87. The molecule has 0 saturated heterocycles. The molecule has 1 atom stereocenters. The van der Waals surface area contributed by atoms with Crippen molar-refractivity contribution in [1.82, 2.24) is 4.90 Å². The highest BCUT2D eigenvalue weighted by atomic mass is 16.5. The van der Waals surface area contributed by atoms with Crippen molar-refractivity contribution in [2.24, 2.45) is 0 Å². The normalized spacial score (nSPS) is 15.7. The number of rotatable bonds is 7. The second kappa shape index (κ2) is 7.61. The van der Waals surface area contributed by atoms with E-state index in [9.17, 15) is 9.90 Å². The third-order valence-corrected chi connectivity index (χ3v) is 4.16. The zero-order chi connectivity index (χ0) is 16.1. The Hall–Kier alpha value is -1.59. The molecular weight excluding hydrogens is 280 g/mol. The van der Waals surface area contributed by atoms with Gasteiger partial charge in [-0.15, -0.1) is 0 Å². The number of aliphatic hydroxyl groups is 1. The van der Waals surface area contributed by atoms with Crippen molar-refractivity contribution in [3.05, 3.63) is 23.8 Å². The number of likely N-dealkylation sites (N-methyl/N-ethyl adjacent to an activating group) is 2. The van der Waals surface area contributed by atoms with Crippen LogP contribution in [0.3, 0.4) is 0 Å². The van der Waals surface area contributed by atoms with Gasteiger partial charge < -0.3 is 19.6 Å². The van der Waals surface area contributed by atoms with Gasteiger partial charge in [0, 0.05) is 13.6 Å². The maximum Gasteiger partial charge on any atom is 0.264 e. The zero-order valence-corrected chi connectivity index (χ0v) is 13.7. The predicted octanol–water partition coefficient (Wildman–Crippen LogP) is 2.20. The van der Waals surface area contributed by atoms with Crippen LogP contribution in [0.4, 0.5) is 5.69 Å². The van der Waals surface area contributed by atoms with Crippen molar-refractivity contribution in [3.8, 4) is 5.75 Å². The number of fused-ring (bicyclic) bond motifs is 1. The Morgan fingerprint density at radius 2 is 2.18 bits per heavy atom. The van der Waals surface area contributed by atoms with Crippen LogP contribution in [0.25, 0.3) is 0 Å². The van der Waals surface area contributed by atoms with E-state index in [4.69, 9.17) is 4.74 Å². The fourth-order valence-electron chi connectivity index (χ4n) is 2.61. The second-order valence-corrected chi connectivity index (χ2v) is 5.73. The highest BCUT2D eigenvalue weighted by Gasteiger charge is 2.23. The van der Waals surface area contributed by atoms with Crippen LogP contribution in [-0.2, 0) is 4.79 Å². The molecule has 1 aliphatic rings. The SMILES string of the molecule is CCCCN(CC)CC(O)c1ccc2c(c1)N(C)C(=O)CO2. The van der Waals surface area contributed by atoms with E-state index in [2.05, 4.69) is 18.7 Å². The number of carbonyl (C=O) groups excluding carboxylic acids is 1. The van der Waals surface area contributed by atoms with Gasteiger partial charge >= 0.3 is 0 Å². The summed E-state index contributed by atoms with van der Waals surface area (Å²) in [6, 6.07) is 5.56. The number of aliphatic hydroxyl groups excluding tert-OH is 1. The lowest BCUT2D eigenvalue weighted by atomic mass is 10.1. The van der Waals surface area contributed by atoms with Crippen LogP contribution in [0.1, 0.15) is 38.4 Å². The number of nitrogens with zero attached hydrogens (tertiary/aromatic N) is 2. The minimum absolute atomic E-state index is 0.0720. The Bertz CT molecular complexity index is 519. The van der Waals surface area contributed by atoms with Crippen molar-refractivity contribution in [2.45, 2.75) is 32.8 Å². The van der Waals surface area contributed by atoms with Gasteiger partial charge in [-0.05, 0) is 37.2 Å². The molecule has 1 unspecified atom stereocenters. The number of unbranched alkanes of at least 4 members (excludes halogenated alkanes) is 1. The topological polar surface area (TPSA) is 53.0 Å². The number of ether oxygens (including phenoxy) is 1. The summed E-state index contributed by atoms with van der Waals surface area (Å²) in [4.78, 5) is 15.5.